The van der Waals surface area contributed by atoms with Gasteiger partial charge in [-0.25, -0.2) is 0 Å². The molecule has 0 aromatic heterocycles. The number of hydrogen-bond donors (Lipinski definition) is 2. The van der Waals surface area contributed by atoms with Crippen LogP contribution in [0, 0.1) is 0 Å². The van der Waals surface area contributed by atoms with Gasteiger partial charge in [-0.1, -0.05) is 17.7 Å². The fourth-order valence-corrected chi connectivity index (χ4v) is 1.59. The van der Waals surface area contributed by atoms with Gasteiger partial charge >= 0.3 is 0 Å². The van der Waals surface area contributed by atoms with Crippen LogP contribution in [0.15, 0.2) is 30.9 Å². The Labute approximate surface area is 112 Å². The lowest BCUT2D eigenvalue weighted by Gasteiger charge is -2.11. The fourth-order valence-electron chi connectivity index (χ4n) is 1.40. The number of halogens is 1. The molecular weight excluding hydrogens is 252 g/mol. The lowest BCUT2D eigenvalue weighted by atomic mass is 10.2. The molecule has 4 nitrogen and oxygen atoms in total. The molecule has 1 aromatic rings. The Morgan fingerprint density at radius 2 is 2.33 bits per heavy atom. The van der Waals surface area contributed by atoms with Gasteiger partial charge in [0.15, 0.2) is 6.61 Å². The summed E-state index contributed by atoms with van der Waals surface area (Å²) in [6.07, 6.45) is 1.62. The standard InChI is InChI=1S/C13H17ClN2O2/c1-3-6-16-13(17)9-18-12-5-4-11(14)7-10(12)8-15-2/h3-5,7,15H,1,6,8-9H2,2H3,(H,16,17). The van der Waals surface area contributed by atoms with Gasteiger partial charge in [-0.2, -0.15) is 0 Å². The predicted octanol–water partition coefficient (Wildman–Crippen LogP) is 1.74. The van der Waals surface area contributed by atoms with Crippen LogP contribution in [0.1, 0.15) is 5.56 Å². The maximum atomic E-state index is 11.4. The molecule has 0 spiro atoms. The van der Waals surface area contributed by atoms with Crippen LogP contribution in [0.2, 0.25) is 5.02 Å². The zero-order valence-electron chi connectivity index (χ0n) is 10.3. The molecule has 0 atom stereocenters. The fraction of sp³-hybridized carbons (Fsp3) is 0.308. The summed E-state index contributed by atoms with van der Waals surface area (Å²) < 4.78 is 5.46. The number of ether oxygens (including phenoxy) is 1. The lowest BCUT2D eigenvalue weighted by molar-refractivity contribution is -0.122. The molecule has 0 saturated carbocycles. The summed E-state index contributed by atoms with van der Waals surface area (Å²) in [5, 5.41) is 6.31. The van der Waals surface area contributed by atoms with E-state index in [0.717, 1.165) is 5.56 Å². The number of hydrogen-bond acceptors (Lipinski definition) is 3. The van der Waals surface area contributed by atoms with Crippen LogP contribution in [0.25, 0.3) is 0 Å². The molecule has 18 heavy (non-hydrogen) atoms. The maximum absolute atomic E-state index is 11.4. The number of carbonyl (C=O) groups is 1. The monoisotopic (exact) mass is 268 g/mol. The van der Waals surface area contributed by atoms with Crippen LogP contribution >= 0.6 is 11.6 Å². The third kappa shape index (κ3) is 4.77. The SMILES string of the molecule is C=CCNC(=O)COc1ccc(Cl)cc1CNC. The average molecular weight is 269 g/mol. The van der Waals surface area contributed by atoms with Gasteiger partial charge in [0.1, 0.15) is 5.75 Å². The normalized spacial score (nSPS) is 9.89. The van der Waals surface area contributed by atoms with Crippen LogP contribution in [0.4, 0.5) is 0 Å². The van der Waals surface area contributed by atoms with E-state index in [-0.39, 0.29) is 12.5 Å². The Kier molecular flexibility index (Phi) is 6.25. The Bertz CT molecular complexity index is 421. The van der Waals surface area contributed by atoms with Gasteiger partial charge in [-0.15, -0.1) is 6.58 Å². The van der Waals surface area contributed by atoms with Crippen molar-refractivity contribution in [2.45, 2.75) is 6.54 Å². The molecule has 0 aliphatic rings. The predicted molar refractivity (Wildman–Crippen MR) is 72.9 cm³/mol. The first-order valence-corrected chi connectivity index (χ1v) is 5.98. The van der Waals surface area contributed by atoms with Crippen molar-refractivity contribution in [2.75, 3.05) is 20.2 Å². The Morgan fingerprint density at radius 3 is 3.00 bits per heavy atom. The lowest BCUT2D eigenvalue weighted by Crippen LogP contribution is -2.29. The van der Waals surface area contributed by atoms with E-state index >= 15 is 0 Å². The molecule has 0 saturated heterocycles. The van der Waals surface area contributed by atoms with Gasteiger partial charge in [0.25, 0.3) is 5.91 Å². The second-order valence-corrected chi connectivity index (χ2v) is 4.10. The summed E-state index contributed by atoms with van der Waals surface area (Å²) >= 11 is 5.91. The highest BCUT2D eigenvalue weighted by Gasteiger charge is 2.06. The molecule has 0 fully saturated rings. The maximum Gasteiger partial charge on any atom is 0.258 e. The van der Waals surface area contributed by atoms with Crippen molar-refractivity contribution in [3.63, 3.8) is 0 Å². The number of benzene rings is 1. The number of amides is 1. The molecule has 0 aliphatic heterocycles. The summed E-state index contributed by atoms with van der Waals surface area (Å²) in [4.78, 5) is 11.4. The van der Waals surface area contributed by atoms with Crippen LogP contribution in [0.5, 0.6) is 5.75 Å². The third-order valence-electron chi connectivity index (χ3n) is 2.19. The molecule has 0 radical (unpaired) electrons. The van der Waals surface area contributed by atoms with Gasteiger partial charge in [-0.05, 0) is 25.2 Å². The Morgan fingerprint density at radius 1 is 1.56 bits per heavy atom. The van der Waals surface area contributed by atoms with Crippen molar-refractivity contribution >= 4 is 17.5 Å². The summed E-state index contributed by atoms with van der Waals surface area (Å²) in [7, 11) is 1.83. The molecule has 1 rings (SSSR count). The highest BCUT2D eigenvalue weighted by molar-refractivity contribution is 6.30. The first kappa shape index (κ1) is 14.5. The van der Waals surface area contributed by atoms with Crippen LogP contribution in [0.3, 0.4) is 0 Å². The van der Waals surface area contributed by atoms with Gasteiger partial charge in [0, 0.05) is 23.7 Å². The average Bonchev–Trinajstić information content (AvgIpc) is 2.36. The molecule has 98 valence electrons. The molecule has 2 N–H and O–H groups in total. The Hall–Kier alpha value is -1.52. The van der Waals surface area contributed by atoms with Crippen molar-refractivity contribution in [3.05, 3.63) is 41.4 Å². The van der Waals surface area contributed by atoms with E-state index in [1.165, 1.54) is 0 Å². The minimum absolute atomic E-state index is 0.0216. The summed E-state index contributed by atoms with van der Waals surface area (Å²) in [6.45, 7) is 4.56. The summed E-state index contributed by atoms with van der Waals surface area (Å²) in [5.41, 5.74) is 0.918. The van der Waals surface area contributed by atoms with E-state index < -0.39 is 0 Å². The minimum Gasteiger partial charge on any atom is -0.483 e. The molecule has 1 amide bonds. The Balaban J connectivity index is 2.60. The van der Waals surface area contributed by atoms with Crippen LogP contribution in [-0.4, -0.2) is 26.1 Å². The second-order valence-electron chi connectivity index (χ2n) is 3.66. The highest BCUT2D eigenvalue weighted by atomic mass is 35.5. The van der Waals surface area contributed by atoms with Crippen molar-refractivity contribution in [3.8, 4) is 5.75 Å². The van der Waals surface area contributed by atoms with E-state index in [0.29, 0.717) is 23.9 Å². The van der Waals surface area contributed by atoms with Gasteiger partial charge in [0.05, 0.1) is 0 Å². The smallest absolute Gasteiger partial charge is 0.258 e. The topological polar surface area (TPSA) is 50.4 Å². The van der Waals surface area contributed by atoms with Crippen molar-refractivity contribution in [1.29, 1.82) is 0 Å². The largest absolute Gasteiger partial charge is 0.483 e. The first-order valence-electron chi connectivity index (χ1n) is 5.60. The molecule has 0 bridgehead atoms. The van der Waals surface area contributed by atoms with E-state index in [1.807, 2.05) is 13.1 Å². The van der Waals surface area contributed by atoms with Gasteiger partial charge in [-0.3, -0.25) is 4.79 Å². The van der Waals surface area contributed by atoms with Crippen molar-refractivity contribution < 1.29 is 9.53 Å². The summed E-state index contributed by atoms with van der Waals surface area (Å²) in [5.74, 6) is 0.475. The molecular formula is C13H17ClN2O2. The van der Waals surface area contributed by atoms with Crippen molar-refractivity contribution in [1.82, 2.24) is 10.6 Å². The third-order valence-corrected chi connectivity index (χ3v) is 2.43. The van der Waals surface area contributed by atoms with Crippen LogP contribution in [-0.2, 0) is 11.3 Å². The second kappa shape index (κ2) is 7.74. The zero-order valence-corrected chi connectivity index (χ0v) is 11.1. The molecule has 0 heterocycles. The first-order chi connectivity index (χ1) is 8.67. The van der Waals surface area contributed by atoms with E-state index in [9.17, 15) is 4.79 Å². The number of nitrogens with one attached hydrogen (secondary N) is 2. The van der Waals surface area contributed by atoms with Gasteiger partial charge < -0.3 is 15.4 Å². The molecule has 1 aromatic carbocycles. The quantitative estimate of drug-likeness (QED) is 0.741. The van der Waals surface area contributed by atoms with E-state index in [1.54, 1.807) is 18.2 Å². The zero-order chi connectivity index (χ0) is 13.4. The van der Waals surface area contributed by atoms with Crippen molar-refractivity contribution in [2.24, 2.45) is 0 Å². The molecule has 0 aliphatic carbocycles. The van der Waals surface area contributed by atoms with Gasteiger partial charge in [0.2, 0.25) is 0 Å². The van der Waals surface area contributed by atoms with Crippen LogP contribution < -0.4 is 15.4 Å². The number of carbonyl (C=O) groups excluding carboxylic acids is 1. The minimum atomic E-state index is -0.180. The molecule has 5 heteroatoms. The molecule has 0 unspecified atom stereocenters. The van der Waals surface area contributed by atoms with E-state index in [4.69, 9.17) is 16.3 Å². The van der Waals surface area contributed by atoms with E-state index in [2.05, 4.69) is 17.2 Å². The number of rotatable bonds is 7. The summed E-state index contributed by atoms with van der Waals surface area (Å²) in [6, 6.07) is 5.31. The highest BCUT2D eigenvalue weighted by Crippen LogP contribution is 2.22.